The van der Waals surface area contributed by atoms with Crippen molar-refractivity contribution in [3.05, 3.63) is 119 Å². The summed E-state index contributed by atoms with van der Waals surface area (Å²) in [6.45, 7) is 8.06. The minimum absolute atomic E-state index is 0.557. The van der Waals surface area contributed by atoms with Crippen LogP contribution in [-0.4, -0.2) is 48.0 Å². The summed E-state index contributed by atoms with van der Waals surface area (Å²) in [5, 5.41) is 3.97. The number of rotatable bonds is 9. The molecule has 12 heteroatoms. The normalized spacial score (nSPS) is 18.2. The summed E-state index contributed by atoms with van der Waals surface area (Å²) in [5.41, 5.74) is 5.54. The van der Waals surface area contributed by atoms with Crippen LogP contribution in [0.15, 0.2) is 108 Å². The van der Waals surface area contributed by atoms with Gasteiger partial charge in [0.2, 0.25) is 5.69 Å². The van der Waals surface area contributed by atoms with Crippen molar-refractivity contribution in [2.45, 2.75) is 38.5 Å². The SMILES string of the molecule is CC1(C)C(=CC=CC=CC2=[N+](CS(=O)(=O)O)c3cc(-c4cccs4)ccc3C2(C)C)N(CS(=O)(=O)O)c2cc(-c3cccs3)ccc21. The Kier molecular flexibility index (Phi) is 8.56. The summed E-state index contributed by atoms with van der Waals surface area (Å²) in [6, 6.07) is 19.9. The molecule has 244 valence electrons. The largest absolute Gasteiger partial charge is 0.327 e. The van der Waals surface area contributed by atoms with Gasteiger partial charge in [0.05, 0.1) is 5.41 Å². The van der Waals surface area contributed by atoms with Crippen LogP contribution in [0.2, 0.25) is 0 Å². The van der Waals surface area contributed by atoms with E-state index < -0.39 is 42.8 Å². The molecular formula is C35H35N2O6S4+. The van der Waals surface area contributed by atoms with Crippen LogP contribution in [0.1, 0.15) is 38.8 Å². The fourth-order valence-corrected chi connectivity index (χ4v) is 9.18. The Bertz CT molecular complexity index is 2190. The molecule has 6 rings (SSSR count). The van der Waals surface area contributed by atoms with E-state index in [1.807, 2.05) is 111 Å². The monoisotopic (exact) mass is 707 g/mol. The van der Waals surface area contributed by atoms with E-state index in [2.05, 4.69) is 0 Å². The number of hydrogen-bond donors (Lipinski definition) is 2. The molecule has 0 radical (unpaired) electrons. The second-order valence-electron chi connectivity index (χ2n) is 12.6. The average molecular weight is 708 g/mol. The topological polar surface area (TPSA) is 115 Å². The van der Waals surface area contributed by atoms with Crippen molar-refractivity contribution in [1.29, 1.82) is 0 Å². The van der Waals surface area contributed by atoms with Crippen molar-refractivity contribution in [2.75, 3.05) is 16.7 Å². The number of fused-ring (bicyclic) bond motifs is 2. The maximum absolute atomic E-state index is 12.2. The van der Waals surface area contributed by atoms with Crippen LogP contribution < -0.4 is 4.90 Å². The van der Waals surface area contributed by atoms with Gasteiger partial charge >= 0.3 is 10.1 Å². The standard InChI is InChI=1S/C35H34N2O6S4/c1-34(2)26-16-14-24(30-10-8-18-44-30)20-28(26)36(22-46(38,39)40)32(34)12-6-5-7-13-33-35(3,4)27-17-15-25(31-11-9-19-45-31)21-29(27)37(33)23-47(41,42)43/h5-21H,22-23H2,1-4H3,(H-,38,39,40,41,42,43)/p+1. The van der Waals surface area contributed by atoms with Crippen LogP contribution in [0.3, 0.4) is 0 Å². The van der Waals surface area contributed by atoms with Crippen LogP contribution in [0, 0.1) is 0 Å². The third kappa shape index (κ3) is 6.58. The zero-order chi connectivity index (χ0) is 33.8. The van der Waals surface area contributed by atoms with E-state index in [9.17, 15) is 25.9 Å². The van der Waals surface area contributed by atoms with Gasteiger partial charge in [-0.2, -0.15) is 21.4 Å². The predicted octanol–water partition coefficient (Wildman–Crippen LogP) is 8.00. The van der Waals surface area contributed by atoms with Gasteiger partial charge in [0.25, 0.3) is 16.0 Å². The first-order chi connectivity index (χ1) is 22.1. The van der Waals surface area contributed by atoms with Crippen LogP contribution >= 0.6 is 22.7 Å². The number of hydrogen-bond acceptors (Lipinski definition) is 7. The van der Waals surface area contributed by atoms with E-state index in [1.165, 1.54) is 0 Å². The summed E-state index contributed by atoms with van der Waals surface area (Å²) in [4.78, 5) is 3.75. The Morgan fingerprint density at radius 1 is 0.766 bits per heavy atom. The van der Waals surface area contributed by atoms with E-state index in [0.29, 0.717) is 11.4 Å². The Hall–Kier alpha value is -3.65. The molecule has 0 saturated heterocycles. The molecule has 0 aliphatic carbocycles. The van der Waals surface area contributed by atoms with Crippen molar-refractivity contribution in [3.63, 3.8) is 0 Å². The Balaban J connectivity index is 1.36. The molecule has 8 nitrogen and oxygen atoms in total. The molecule has 2 aliphatic heterocycles. The van der Waals surface area contributed by atoms with Crippen molar-refractivity contribution in [3.8, 4) is 20.9 Å². The number of anilines is 1. The number of nitrogens with zero attached hydrogens (tertiary/aromatic N) is 2. The highest BCUT2D eigenvalue weighted by Crippen LogP contribution is 2.49. The molecule has 2 aromatic carbocycles. The number of allylic oxidation sites excluding steroid dienone is 6. The fourth-order valence-electron chi connectivity index (χ4n) is 6.53. The van der Waals surface area contributed by atoms with Crippen molar-refractivity contribution in [2.24, 2.45) is 0 Å². The second-order valence-corrected chi connectivity index (χ2v) is 17.4. The Morgan fingerprint density at radius 2 is 1.38 bits per heavy atom. The lowest BCUT2D eigenvalue weighted by Crippen LogP contribution is -2.30. The van der Waals surface area contributed by atoms with Gasteiger partial charge in [-0.1, -0.05) is 68.5 Å². The molecule has 4 aromatic rings. The highest BCUT2D eigenvalue weighted by atomic mass is 32.2. The molecule has 4 heterocycles. The fraction of sp³-hybridized carbons (Fsp3) is 0.229. The minimum atomic E-state index is -4.35. The summed E-state index contributed by atoms with van der Waals surface area (Å²) in [5.74, 6) is -1.18. The number of thiophene rings is 2. The second kappa shape index (κ2) is 12.1. The predicted molar refractivity (Wildman–Crippen MR) is 192 cm³/mol. The van der Waals surface area contributed by atoms with Crippen LogP contribution in [0.4, 0.5) is 11.4 Å². The lowest BCUT2D eigenvalue weighted by atomic mass is 9.81. The quantitative estimate of drug-likeness (QED) is 0.103. The van der Waals surface area contributed by atoms with Gasteiger partial charge in [0, 0.05) is 44.3 Å². The molecule has 0 fully saturated rings. The third-order valence-corrected chi connectivity index (χ3v) is 11.7. The van der Waals surface area contributed by atoms with E-state index in [4.69, 9.17) is 0 Å². The lowest BCUT2D eigenvalue weighted by molar-refractivity contribution is -0.415. The molecule has 0 bridgehead atoms. The average Bonchev–Trinajstić information content (AvgIpc) is 3.77. The Labute approximate surface area is 283 Å². The maximum Gasteiger partial charge on any atom is 0.326 e. The molecule has 0 amide bonds. The molecule has 0 spiro atoms. The van der Waals surface area contributed by atoms with Gasteiger partial charge in [-0.05, 0) is 65.6 Å². The minimum Gasteiger partial charge on any atom is -0.327 e. The summed E-state index contributed by atoms with van der Waals surface area (Å²) in [7, 11) is -8.70. The summed E-state index contributed by atoms with van der Waals surface area (Å²) < 4.78 is 70.0. The van der Waals surface area contributed by atoms with Crippen molar-refractivity contribution >= 4 is 60.0 Å². The Morgan fingerprint density at radius 3 is 1.96 bits per heavy atom. The van der Waals surface area contributed by atoms with Gasteiger partial charge in [0.1, 0.15) is 0 Å². The smallest absolute Gasteiger partial charge is 0.326 e. The maximum atomic E-state index is 12.2. The molecule has 2 aliphatic rings. The van der Waals surface area contributed by atoms with Crippen molar-refractivity contribution < 1.29 is 30.5 Å². The van der Waals surface area contributed by atoms with E-state index in [1.54, 1.807) is 50.4 Å². The first-order valence-electron chi connectivity index (χ1n) is 14.8. The van der Waals surface area contributed by atoms with Gasteiger partial charge in [-0.25, -0.2) is 0 Å². The first kappa shape index (κ1) is 33.3. The molecule has 2 aromatic heterocycles. The highest BCUT2D eigenvalue weighted by molar-refractivity contribution is 7.86. The highest BCUT2D eigenvalue weighted by Gasteiger charge is 2.46. The first-order valence-corrected chi connectivity index (χ1v) is 19.8. The molecule has 0 unspecified atom stereocenters. The van der Waals surface area contributed by atoms with Crippen LogP contribution in [-0.2, 0) is 31.1 Å². The summed E-state index contributed by atoms with van der Waals surface area (Å²) >= 11 is 3.19. The lowest BCUT2D eigenvalue weighted by Gasteiger charge is -2.25. The molecule has 0 atom stereocenters. The van der Waals surface area contributed by atoms with Crippen molar-refractivity contribution in [1.82, 2.24) is 0 Å². The summed E-state index contributed by atoms with van der Waals surface area (Å²) in [6.07, 6.45) is 9.07. The van der Waals surface area contributed by atoms with Gasteiger partial charge in [-0.15, -0.1) is 22.7 Å². The molecule has 2 N–H and O–H groups in total. The van der Waals surface area contributed by atoms with Gasteiger partial charge < -0.3 is 4.90 Å². The number of benzene rings is 2. The molecular weight excluding hydrogens is 673 g/mol. The van der Waals surface area contributed by atoms with Crippen LogP contribution in [0.25, 0.3) is 20.9 Å². The van der Waals surface area contributed by atoms with Gasteiger partial charge in [-0.3, -0.25) is 9.11 Å². The third-order valence-electron chi connectivity index (χ3n) is 8.71. The van der Waals surface area contributed by atoms with E-state index in [-0.39, 0.29) is 0 Å². The zero-order valence-corrected chi connectivity index (χ0v) is 29.5. The van der Waals surface area contributed by atoms with Gasteiger partial charge in [0.15, 0.2) is 11.6 Å². The van der Waals surface area contributed by atoms with E-state index >= 15 is 0 Å². The molecule has 0 saturated carbocycles. The van der Waals surface area contributed by atoms with Crippen LogP contribution in [0.5, 0.6) is 0 Å². The van der Waals surface area contributed by atoms with E-state index in [0.717, 1.165) is 43.4 Å². The molecule has 47 heavy (non-hydrogen) atoms. The zero-order valence-electron chi connectivity index (χ0n) is 26.3.